The molecule has 94 valence electrons. The van der Waals surface area contributed by atoms with Crippen molar-refractivity contribution in [2.45, 2.75) is 26.2 Å². The molecule has 0 atom stereocenters. The van der Waals surface area contributed by atoms with E-state index in [9.17, 15) is 9.59 Å². The number of ether oxygens (including phenoxy) is 1. The Bertz CT molecular complexity index is 542. The normalized spacial score (nSPS) is 12.7. The zero-order valence-electron chi connectivity index (χ0n) is 9.91. The standard InChI is InChI=1S/C12H12N2O3S/c1-2-17-12(16)10(15)14-11-8(6-13)7-4-3-5-9(7)18-11/h2-5H2,1H3,(H,14,15). The Morgan fingerprint density at radius 1 is 1.50 bits per heavy atom. The summed E-state index contributed by atoms with van der Waals surface area (Å²) in [5, 5.41) is 12.0. The lowest BCUT2D eigenvalue weighted by molar-refractivity contribution is -0.152. The fourth-order valence-corrected chi connectivity index (χ4v) is 3.20. The number of fused-ring (bicyclic) bond motifs is 1. The van der Waals surface area contributed by atoms with Crippen LogP contribution in [0.3, 0.4) is 0 Å². The maximum Gasteiger partial charge on any atom is 0.397 e. The number of amides is 1. The smallest absolute Gasteiger partial charge is 0.397 e. The third kappa shape index (κ3) is 2.22. The fourth-order valence-electron chi connectivity index (χ4n) is 1.96. The first-order valence-electron chi connectivity index (χ1n) is 5.70. The second-order valence-electron chi connectivity index (χ2n) is 3.85. The van der Waals surface area contributed by atoms with Gasteiger partial charge in [0.1, 0.15) is 11.1 Å². The highest BCUT2D eigenvalue weighted by Crippen LogP contribution is 2.38. The molecule has 5 nitrogen and oxygen atoms in total. The molecule has 18 heavy (non-hydrogen) atoms. The molecule has 1 aliphatic rings. The minimum Gasteiger partial charge on any atom is -0.459 e. The van der Waals surface area contributed by atoms with Crippen LogP contribution in [-0.2, 0) is 27.2 Å². The van der Waals surface area contributed by atoms with Gasteiger partial charge in [0.05, 0.1) is 12.2 Å². The lowest BCUT2D eigenvalue weighted by Crippen LogP contribution is -2.24. The van der Waals surface area contributed by atoms with Crippen molar-refractivity contribution in [3.8, 4) is 6.07 Å². The van der Waals surface area contributed by atoms with Crippen LogP contribution in [-0.4, -0.2) is 18.5 Å². The number of thiophene rings is 1. The number of carbonyl (C=O) groups is 2. The minimum absolute atomic E-state index is 0.151. The van der Waals surface area contributed by atoms with Crippen LogP contribution in [0, 0.1) is 11.3 Å². The van der Waals surface area contributed by atoms with E-state index < -0.39 is 11.9 Å². The molecule has 0 radical (unpaired) electrons. The van der Waals surface area contributed by atoms with Gasteiger partial charge >= 0.3 is 11.9 Å². The Balaban J connectivity index is 2.18. The Morgan fingerprint density at radius 3 is 2.94 bits per heavy atom. The summed E-state index contributed by atoms with van der Waals surface area (Å²) in [6.07, 6.45) is 2.84. The third-order valence-corrected chi connectivity index (χ3v) is 3.93. The van der Waals surface area contributed by atoms with Crippen molar-refractivity contribution in [3.05, 3.63) is 16.0 Å². The van der Waals surface area contributed by atoms with Crippen molar-refractivity contribution < 1.29 is 14.3 Å². The van der Waals surface area contributed by atoms with Crippen LogP contribution < -0.4 is 5.32 Å². The Labute approximate surface area is 108 Å². The molecular weight excluding hydrogens is 252 g/mol. The minimum atomic E-state index is -0.921. The van der Waals surface area contributed by atoms with Crippen molar-refractivity contribution >= 4 is 28.2 Å². The van der Waals surface area contributed by atoms with Crippen molar-refractivity contribution in [1.82, 2.24) is 0 Å². The second kappa shape index (κ2) is 5.19. The van der Waals surface area contributed by atoms with Crippen LogP contribution in [0.25, 0.3) is 0 Å². The number of rotatable bonds is 2. The van der Waals surface area contributed by atoms with Crippen LogP contribution in [0.2, 0.25) is 0 Å². The summed E-state index contributed by atoms with van der Waals surface area (Å²) in [5.74, 6) is -1.75. The van der Waals surface area contributed by atoms with E-state index in [2.05, 4.69) is 16.1 Å². The van der Waals surface area contributed by atoms with Gasteiger partial charge in [-0.15, -0.1) is 11.3 Å². The predicted molar refractivity (Wildman–Crippen MR) is 66.3 cm³/mol. The summed E-state index contributed by atoms with van der Waals surface area (Å²) in [4.78, 5) is 23.8. The maximum atomic E-state index is 11.5. The zero-order chi connectivity index (χ0) is 13.1. The molecule has 0 unspecified atom stereocenters. The van der Waals surface area contributed by atoms with E-state index >= 15 is 0 Å². The van der Waals surface area contributed by atoms with E-state index in [1.165, 1.54) is 11.3 Å². The number of aryl methyl sites for hydroxylation is 1. The largest absolute Gasteiger partial charge is 0.459 e. The molecule has 1 aromatic heterocycles. The molecule has 1 N–H and O–H groups in total. The van der Waals surface area contributed by atoms with Gasteiger partial charge in [-0.3, -0.25) is 4.79 Å². The molecule has 0 aliphatic heterocycles. The molecule has 0 fully saturated rings. The molecule has 1 amide bonds. The number of nitriles is 1. The summed E-state index contributed by atoms with van der Waals surface area (Å²) in [6.45, 7) is 1.78. The van der Waals surface area contributed by atoms with Crippen LogP contribution in [0.4, 0.5) is 5.00 Å². The number of nitrogens with zero attached hydrogens (tertiary/aromatic N) is 1. The molecular formula is C12H12N2O3S. The van der Waals surface area contributed by atoms with Gasteiger partial charge in [0, 0.05) is 4.88 Å². The van der Waals surface area contributed by atoms with Gasteiger partial charge in [-0.25, -0.2) is 4.79 Å². The molecule has 0 aromatic carbocycles. The molecule has 0 saturated carbocycles. The van der Waals surface area contributed by atoms with E-state index in [0.717, 1.165) is 29.7 Å². The number of hydrogen-bond acceptors (Lipinski definition) is 5. The van der Waals surface area contributed by atoms with Crippen LogP contribution in [0.1, 0.15) is 29.3 Å². The third-order valence-electron chi connectivity index (χ3n) is 2.72. The molecule has 6 heteroatoms. The molecule has 0 bridgehead atoms. The Morgan fingerprint density at radius 2 is 2.28 bits per heavy atom. The van der Waals surface area contributed by atoms with E-state index in [1.54, 1.807) is 6.92 Å². The second-order valence-corrected chi connectivity index (χ2v) is 4.95. The maximum absolute atomic E-state index is 11.5. The monoisotopic (exact) mass is 264 g/mol. The van der Waals surface area contributed by atoms with E-state index in [-0.39, 0.29) is 6.61 Å². The summed E-state index contributed by atoms with van der Waals surface area (Å²) in [6, 6.07) is 2.10. The fraction of sp³-hybridized carbons (Fsp3) is 0.417. The lowest BCUT2D eigenvalue weighted by atomic mass is 10.1. The first kappa shape index (κ1) is 12.6. The van der Waals surface area contributed by atoms with E-state index in [4.69, 9.17) is 5.26 Å². The average molecular weight is 264 g/mol. The van der Waals surface area contributed by atoms with Gasteiger partial charge in [-0.1, -0.05) is 0 Å². The average Bonchev–Trinajstić information content (AvgIpc) is 2.89. The highest BCUT2D eigenvalue weighted by Gasteiger charge is 2.25. The van der Waals surface area contributed by atoms with Gasteiger partial charge in [0.15, 0.2) is 0 Å². The zero-order valence-corrected chi connectivity index (χ0v) is 10.7. The lowest BCUT2D eigenvalue weighted by Gasteiger charge is -2.03. The Hall–Kier alpha value is -1.87. The van der Waals surface area contributed by atoms with Crippen molar-refractivity contribution in [1.29, 1.82) is 5.26 Å². The summed E-state index contributed by atoms with van der Waals surface area (Å²) in [5.41, 5.74) is 1.51. The molecule has 1 aromatic rings. The van der Waals surface area contributed by atoms with Crippen LogP contribution >= 0.6 is 11.3 Å². The quantitative estimate of drug-likeness (QED) is 0.650. The molecule has 0 saturated heterocycles. The molecule has 1 aliphatic carbocycles. The van der Waals surface area contributed by atoms with Gasteiger partial charge in [0.2, 0.25) is 0 Å². The summed E-state index contributed by atoms with van der Waals surface area (Å²) >= 11 is 1.37. The first-order valence-corrected chi connectivity index (χ1v) is 6.51. The van der Waals surface area contributed by atoms with E-state index in [0.29, 0.717) is 10.6 Å². The summed E-state index contributed by atoms with van der Waals surface area (Å²) < 4.78 is 4.60. The Kier molecular flexibility index (Phi) is 3.63. The van der Waals surface area contributed by atoms with Crippen molar-refractivity contribution in [2.24, 2.45) is 0 Å². The highest BCUT2D eigenvalue weighted by atomic mass is 32.1. The van der Waals surface area contributed by atoms with Crippen molar-refractivity contribution in [2.75, 3.05) is 11.9 Å². The van der Waals surface area contributed by atoms with Gasteiger partial charge in [-0.05, 0) is 31.7 Å². The number of anilines is 1. The SMILES string of the molecule is CCOC(=O)C(=O)Nc1sc2c(c1C#N)CCC2. The number of esters is 1. The number of hydrogen-bond donors (Lipinski definition) is 1. The number of carbonyl (C=O) groups excluding carboxylic acids is 2. The van der Waals surface area contributed by atoms with Crippen LogP contribution in [0.5, 0.6) is 0 Å². The van der Waals surface area contributed by atoms with E-state index in [1.807, 2.05) is 0 Å². The number of nitrogens with one attached hydrogen (secondary N) is 1. The summed E-state index contributed by atoms with van der Waals surface area (Å²) in [7, 11) is 0. The van der Waals surface area contributed by atoms with Crippen molar-refractivity contribution in [3.63, 3.8) is 0 Å². The molecule has 2 rings (SSSR count). The van der Waals surface area contributed by atoms with Gasteiger partial charge in [0.25, 0.3) is 0 Å². The molecule has 0 spiro atoms. The van der Waals surface area contributed by atoms with Gasteiger partial charge in [-0.2, -0.15) is 5.26 Å². The van der Waals surface area contributed by atoms with Gasteiger partial charge < -0.3 is 10.1 Å². The highest BCUT2D eigenvalue weighted by molar-refractivity contribution is 7.16. The molecule has 1 heterocycles. The first-order chi connectivity index (χ1) is 8.67. The predicted octanol–water partition coefficient (Wildman–Crippen LogP) is 1.61. The topological polar surface area (TPSA) is 79.2 Å². The van der Waals surface area contributed by atoms with Crippen LogP contribution in [0.15, 0.2) is 0 Å².